The van der Waals surface area contributed by atoms with Gasteiger partial charge in [0, 0.05) is 6.92 Å². The van der Waals surface area contributed by atoms with Gasteiger partial charge in [0.15, 0.2) is 25.0 Å². The number of aliphatic hydroxyl groups is 11. The van der Waals surface area contributed by atoms with Crippen molar-refractivity contribution in [3.63, 3.8) is 0 Å². The zero-order valence-electron chi connectivity index (χ0n) is 48.1. The number of rotatable bonds is 12. The molecule has 4 saturated heterocycles. The van der Waals surface area contributed by atoms with Crippen LogP contribution in [-0.2, 0) is 61.8 Å². The molecule has 0 spiro atoms. The van der Waals surface area contributed by atoms with E-state index in [0.29, 0.717) is 38.5 Å². The lowest BCUT2D eigenvalue weighted by Gasteiger charge is -2.71. The lowest BCUT2D eigenvalue weighted by molar-refractivity contribution is -0.361. The zero-order valence-corrected chi connectivity index (χ0v) is 48.1. The van der Waals surface area contributed by atoms with E-state index in [4.69, 9.17) is 47.4 Å². The Morgan fingerprint density at radius 1 is 0.605 bits per heavy atom. The summed E-state index contributed by atoms with van der Waals surface area (Å²) in [4.78, 5) is 39.6. The van der Waals surface area contributed by atoms with Gasteiger partial charge in [0.2, 0.25) is 6.29 Å². The highest BCUT2D eigenvalue weighted by molar-refractivity contribution is 5.79. The highest BCUT2D eigenvalue weighted by atomic mass is 16.8. The molecule has 0 unspecified atom stereocenters. The summed E-state index contributed by atoms with van der Waals surface area (Å²) in [5.74, 6) is -2.11. The van der Waals surface area contributed by atoms with E-state index in [9.17, 15) is 65.8 Å². The minimum Gasteiger partial charge on any atom is -0.467 e. The average molecular weight is 1160 g/mol. The highest BCUT2D eigenvalue weighted by Crippen LogP contribution is 2.76. The third kappa shape index (κ3) is 10.8. The molecular formula is C57H90O24. The first-order valence-corrected chi connectivity index (χ1v) is 28.9. The van der Waals surface area contributed by atoms with Gasteiger partial charge >= 0.3 is 17.9 Å². The molecule has 0 aromatic rings. The number of allylic oxidation sites excluding steroid dienone is 2. The molecule has 24 nitrogen and oxygen atoms in total. The van der Waals surface area contributed by atoms with Gasteiger partial charge in [0.05, 0.1) is 31.3 Å². The van der Waals surface area contributed by atoms with E-state index in [2.05, 4.69) is 54.5 Å². The van der Waals surface area contributed by atoms with Crippen LogP contribution in [-0.4, -0.2) is 223 Å². The summed E-state index contributed by atoms with van der Waals surface area (Å²) in [6.45, 7) is 17.2. The number of esters is 3. The topological polar surface area (TPSA) is 366 Å². The Hall–Kier alpha value is -2.57. The van der Waals surface area contributed by atoms with Crippen molar-refractivity contribution in [2.75, 3.05) is 20.3 Å². The monoisotopic (exact) mass is 1160 g/mol. The van der Waals surface area contributed by atoms with Gasteiger partial charge in [-0.25, -0.2) is 4.79 Å². The largest absolute Gasteiger partial charge is 0.467 e. The molecule has 81 heavy (non-hydrogen) atoms. The van der Waals surface area contributed by atoms with Crippen molar-refractivity contribution in [2.24, 2.45) is 50.2 Å². The fourth-order valence-corrected chi connectivity index (χ4v) is 16.7. The van der Waals surface area contributed by atoms with Gasteiger partial charge in [-0.1, -0.05) is 60.1 Å². The molecule has 0 radical (unpaired) electrons. The SMILES string of the molecule is COC(=O)[C@H]1O[C@@H](O[C@H]2CC[C@]3(C)[C@H]4CC=C5[C@@H]6CC(C)(C)CC[C@]6(C(=O)O[C@@H]6O[C@H](CO[C@@H]7O[C@H](COC(C)=O)[C@@H](O[C@@H]8O[C@@H](C)[C@H](O)[C@@H](O)[C@H]8O)[C@H](O)[C@H]7O)[C@@H](O)[C@H](O)[C@H]6O)CC[C@@]5(C)[C@]4(C)CC[C@H]3C2(C)C)[C@H](O)[C@@H](O)[C@@H]1O. The first-order chi connectivity index (χ1) is 37.8. The second kappa shape index (κ2) is 22.9. The number of fused-ring (bicyclic) bond motifs is 7. The molecule has 9 aliphatic rings. The predicted octanol–water partition coefficient (Wildman–Crippen LogP) is -0.256. The molecule has 11 N–H and O–H groups in total. The fraction of sp³-hybridized carbons (Fsp3) is 0.912. The van der Waals surface area contributed by atoms with Crippen LogP contribution in [0.1, 0.15) is 127 Å². The number of aliphatic hydroxyl groups excluding tert-OH is 11. The number of carbonyl (C=O) groups excluding carboxylic acids is 3. The molecule has 4 heterocycles. The normalized spacial score (nSPS) is 51.2. The minimum absolute atomic E-state index is 0.153. The van der Waals surface area contributed by atoms with Crippen molar-refractivity contribution >= 4 is 17.9 Å². The van der Waals surface area contributed by atoms with Gasteiger partial charge in [-0.05, 0) is 116 Å². The summed E-state index contributed by atoms with van der Waals surface area (Å²) in [6, 6.07) is 0. The summed E-state index contributed by atoms with van der Waals surface area (Å²) in [5.41, 5.74) is -1.17. The van der Waals surface area contributed by atoms with E-state index in [-0.39, 0.29) is 39.4 Å². The Morgan fingerprint density at radius 3 is 1.88 bits per heavy atom. The first-order valence-electron chi connectivity index (χ1n) is 28.9. The van der Waals surface area contributed by atoms with Crippen LogP contribution in [0.25, 0.3) is 0 Å². The van der Waals surface area contributed by atoms with Gasteiger partial charge in [0.25, 0.3) is 0 Å². The summed E-state index contributed by atoms with van der Waals surface area (Å²) in [6.07, 6.45) is -24.1. The number of methoxy groups -OCH3 is 1. The van der Waals surface area contributed by atoms with Crippen LogP contribution in [0.15, 0.2) is 11.6 Å². The molecule has 5 aliphatic carbocycles. The molecule has 8 fully saturated rings. The van der Waals surface area contributed by atoms with Crippen molar-refractivity contribution in [1.29, 1.82) is 0 Å². The third-order valence-electron chi connectivity index (χ3n) is 21.8. The van der Waals surface area contributed by atoms with Gasteiger partial charge in [0.1, 0.15) is 92.1 Å². The van der Waals surface area contributed by atoms with E-state index in [0.717, 1.165) is 39.7 Å². The third-order valence-corrected chi connectivity index (χ3v) is 21.8. The van der Waals surface area contributed by atoms with Crippen molar-refractivity contribution in [1.82, 2.24) is 0 Å². The van der Waals surface area contributed by atoms with Crippen LogP contribution in [0.2, 0.25) is 0 Å². The maximum Gasteiger partial charge on any atom is 0.337 e. The second-order valence-electron chi connectivity index (χ2n) is 27.1. The van der Waals surface area contributed by atoms with E-state index in [1.165, 1.54) is 12.5 Å². The van der Waals surface area contributed by atoms with Crippen molar-refractivity contribution in [2.45, 2.75) is 255 Å². The molecule has 0 aromatic heterocycles. The fourth-order valence-electron chi connectivity index (χ4n) is 16.7. The Bertz CT molecular complexity index is 2320. The van der Waals surface area contributed by atoms with Gasteiger partial charge in [-0.2, -0.15) is 0 Å². The van der Waals surface area contributed by atoms with Crippen LogP contribution in [0.3, 0.4) is 0 Å². The first kappa shape index (κ1) is 62.9. The van der Waals surface area contributed by atoms with Crippen molar-refractivity contribution in [3.8, 4) is 0 Å². The Kier molecular flexibility index (Phi) is 17.8. The van der Waals surface area contributed by atoms with Crippen molar-refractivity contribution in [3.05, 3.63) is 11.6 Å². The molecule has 0 amide bonds. The molecule has 28 atom stereocenters. The smallest absolute Gasteiger partial charge is 0.337 e. The Morgan fingerprint density at radius 2 is 1.21 bits per heavy atom. The number of hydrogen-bond acceptors (Lipinski definition) is 24. The van der Waals surface area contributed by atoms with Crippen LogP contribution >= 0.6 is 0 Å². The van der Waals surface area contributed by atoms with E-state index >= 15 is 4.79 Å². The van der Waals surface area contributed by atoms with Crippen molar-refractivity contribution < 1.29 is 118 Å². The predicted molar refractivity (Wildman–Crippen MR) is 276 cm³/mol. The summed E-state index contributed by atoms with van der Waals surface area (Å²) in [5, 5.41) is 120. The van der Waals surface area contributed by atoms with E-state index in [1.54, 1.807) is 0 Å². The summed E-state index contributed by atoms with van der Waals surface area (Å²) in [7, 11) is 1.14. The molecule has 4 aliphatic heterocycles. The van der Waals surface area contributed by atoms with Crippen LogP contribution in [0.4, 0.5) is 0 Å². The summed E-state index contributed by atoms with van der Waals surface area (Å²) < 4.78 is 57.6. The second-order valence-corrected chi connectivity index (χ2v) is 27.1. The maximum atomic E-state index is 15.2. The minimum atomic E-state index is -1.91. The van der Waals surface area contributed by atoms with Crippen LogP contribution < -0.4 is 0 Å². The van der Waals surface area contributed by atoms with Gasteiger partial charge in [-0.15, -0.1) is 0 Å². The zero-order chi connectivity index (χ0) is 59.4. The molecule has 24 heteroatoms. The van der Waals surface area contributed by atoms with Crippen LogP contribution in [0.5, 0.6) is 0 Å². The maximum absolute atomic E-state index is 15.2. The number of hydrogen-bond donors (Lipinski definition) is 11. The van der Waals surface area contributed by atoms with Gasteiger partial charge in [-0.3, -0.25) is 9.59 Å². The molecule has 0 bridgehead atoms. The lowest BCUT2D eigenvalue weighted by atomic mass is 9.33. The Balaban J connectivity index is 0.899. The van der Waals surface area contributed by atoms with E-state index < -0.39 is 171 Å². The van der Waals surface area contributed by atoms with Crippen LogP contribution in [0, 0.1) is 50.2 Å². The number of ether oxygens (including phenoxy) is 10. The molecule has 4 saturated carbocycles. The average Bonchev–Trinajstić information content (AvgIpc) is 3.40. The Labute approximate surface area is 472 Å². The number of carbonyl (C=O) groups is 3. The molecule has 462 valence electrons. The summed E-state index contributed by atoms with van der Waals surface area (Å²) >= 11 is 0. The quantitative estimate of drug-likeness (QED) is 0.0519. The van der Waals surface area contributed by atoms with E-state index in [1.807, 2.05) is 0 Å². The van der Waals surface area contributed by atoms with Gasteiger partial charge < -0.3 is 104 Å². The molecular weight excluding hydrogens is 1070 g/mol. The lowest BCUT2D eigenvalue weighted by Crippen LogP contribution is -2.66. The molecule has 9 rings (SSSR count). The standard InChI is InChI=1S/C57H90O24/c1-24-33(59)35(61)40(66)48(75-24)79-44-29(23-73-25(2)58)77-47(43(69)39(44)65)74-22-28-34(60)36(62)41(67)49(76-28)81-51(71)57-19-17-52(3,4)21-27(57)26-11-12-31-54(7)15-14-32(78-50-42(68)37(63)38(64)45(80-50)46(70)72-10)53(5,6)30(54)13-16-56(31,9)55(26,8)18-20-57/h11,24,27-45,47-50,59-69H,12-23H2,1-10H3/t24-,27-,28+,29+,30-,31+,32-,33-,34+,35+,36-,37-,38-,39+,40+,41+,42+,43+,44+,45-,47+,48-,49-,50+,54-,55+,56+,57-/m0/s1. The highest BCUT2D eigenvalue weighted by Gasteiger charge is 2.70. The molecule has 0 aromatic carbocycles.